The second-order valence-corrected chi connectivity index (χ2v) is 9.90. The van der Waals surface area contributed by atoms with Gasteiger partial charge in [0.1, 0.15) is 0 Å². The number of aryl methyl sites for hydroxylation is 2. The Morgan fingerprint density at radius 1 is 1.27 bits per heavy atom. The lowest BCUT2D eigenvalue weighted by atomic mass is 10.2. The molecule has 2 N–H and O–H groups in total. The summed E-state index contributed by atoms with van der Waals surface area (Å²) in [5, 5.41) is 6.21. The van der Waals surface area contributed by atoms with Crippen molar-refractivity contribution in [2.24, 2.45) is 0 Å². The maximum Gasteiger partial charge on any atom is 0.321 e. The minimum atomic E-state index is -0.952. The Balaban J connectivity index is 1.79. The van der Waals surface area contributed by atoms with Crippen molar-refractivity contribution in [2.75, 3.05) is 17.6 Å². The quantitative estimate of drug-likeness (QED) is 0.825. The van der Waals surface area contributed by atoms with Gasteiger partial charge < -0.3 is 5.32 Å². The molecule has 1 aromatic rings. The van der Waals surface area contributed by atoms with Crippen molar-refractivity contribution < 1.29 is 9.00 Å². The SMILES string of the molecule is CC(C)(C)[S@](=O)CCNC(=O)Nc1nc2c(s1)CCCCC2. The van der Waals surface area contributed by atoms with Gasteiger partial charge in [-0.3, -0.25) is 9.53 Å². The smallest absolute Gasteiger partial charge is 0.321 e. The summed E-state index contributed by atoms with van der Waals surface area (Å²) in [4.78, 5) is 17.7. The minimum Gasteiger partial charge on any atom is -0.337 e. The van der Waals surface area contributed by atoms with E-state index in [1.165, 1.54) is 24.1 Å². The van der Waals surface area contributed by atoms with Crippen molar-refractivity contribution in [3.63, 3.8) is 0 Å². The second-order valence-electron chi connectivity index (χ2n) is 6.49. The number of anilines is 1. The van der Waals surface area contributed by atoms with E-state index < -0.39 is 10.8 Å². The average molecular weight is 344 g/mol. The fourth-order valence-corrected chi connectivity index (χ4v) is 4.23. The highest BCUT2D eigenvalue weighted by Crippen LogP contribution is 2.28. The molecule has 7 heteroatoms. The van der Waals surface area contributed by atoms with Gasteiger partial charge in [-0.05, 0) is 46.5 Å². The van der Waals surface area contributed by atoms with E-state index in [4.69, 9.17) is 0 Å². The van der Waals surface area contributed by atoms with E-state index in [0.29, 0.717) is 17.4 Å². The summed E-state index contributed by atoms with van der Waals surface area (Å²) in [5.41, 5.74) is 1.15. The number of urea groups is 1. The van der Waals surface area contributed by atoms with Crippen LogP contribution in [0.3, 0.4) is 0 Å². The van der Waals surface area contributed by atoms with Crippen molar-refractivity contribution >= 4 is 33.3 Å². The van der Waals surface area contributed by atoms with E-state index in [1.54, 1.807) is 11.3 Å². The number of fused-ring (bicyclic) bond motifs is 1. The molecule has 1 aliphatic rings. The lowest BCUT2D eigenvalue weighted by molar-refractivity contribution is 0.252. The molecule has 22 heavy (non-hydrogen) atoms. The van der Waals surface area contributed by atoms with Gasteiger partial charge in [0.15, 0.2) is 5.13 Å². The molecule has 1 heterocycles. The summed E-state index contributed by atoms with van der Waals surface area (Å²) in [7, 11) is -0.952. The molecule has 0 saturated heterocycles. The standard InChI is InChI=1S/C15H25N3O2S2/c1-15(2,3)22(20)10-9-16-13(19)18-14-17-11-7-5-4-6-8-12(11)21-14/h4-10H2,1-3H3,(H2,16,17,18,19)/t22-/m1/s1. The Kier molecular flexibility index (Phi) is 5.97. The molecule has 2 amide bonds. The second kappa shape index (κ2) is 7.55. The first-order valence-corrected chi connectivity index (χ1v) is 9.92. The van der Waals surface area contributed by atoms with Crippen LogP contribution in [0.1, 0.15) is 50.6 Å². The van der Waals surface area contributed by atoms with Gasteiger partial charge in [-0.1, -0.05) is 6.42 Å². The molecule has 2 rings (SSSR count). The molecule has 0 aliphatic heterocycles. The maximum absolute atomic E-state index is 11.9. The predicted molar refractivity (Wildman–Crippen MR) is 93.2 cm³/mol. The topological polar surface area (TPSA) is 71.1 Å². The number of carbonyl (C=O) groups excluding carboxylic acids is 1. The van der Waals surface area contributed by atoms with Gasteiger partial charge in [0.05, 0.1) is 5.69 Å². The molecule has 1 aliphatic carbocycles. The molecule has 0 fully saturated rings. The van der Waals surface area contributed by atoms with Crippen molar-refractivity contribution in [1.29, 1.82) is 0 Å². The van der Waals surface area contributed by atoms with Crippen LogP contribution in [0.15, 0.2) is 0 Å². The largest absolute Gasteiger partial charge is 0.337 e. The summed E-state index contributed by atoms with van der Waals surface area (Å²) in [5.74, 6) is 0.464. The van der Waals surface area contributed by atoms with Crippen LogP contribution in [-0.4, -0.2) is 32.3 Å². The molecule has 1 aromatic heterocycles. The van der Waals surface area contributed by atoms with Crippen molar-refractivity contribution in [1.82, 2.24) is 10.3 Å². The van der Waals surface area contributed by atoms with Crippen LogP contribution in [0.5, 0.6) is 0 Å². The van der Waals surface area contributed by atoms with E-state index in [-0.39, 0.29) is 10.8 Å². The van der Waals surface area contributed by atoms with Crippen LogP contribution in [0.2, 0.25) is 0 Å². The Morgan fingerprint density at radius 3 is 2.73 bits per heavy atom. The van der Waals surface area contributed by atoms with E-state index in [9.17, 15) is 9.00 Å². The third kappa shape index (κ3) is 5.05. The molecule has 0 unspecified atom stereocenters. The van der Waals surface area contributed by atoms with Gasteiger partial charge in [-0.15, -0.1) is 11.3 Å². The van der Waals surface area contributed by atoms with Crippen molar-refractivity contribution in [3.8, 4) is 0 Å². The van der Waals surface area contributed by atoms with Gasteiger partial charge in [0, 0.05) is 32.7 Å². The first kappa shape index (κ1) is 17.4. The van der Waals surface area contributed by atoms with Crippen LogP contribution >= 0.6 is 11.3 Å². The van der Waals surface area contributed by atoms with Gasteiger partial charge in [0.2, 0.25) is 0 Å². The van der Waals surface area contributed by atoms with E-state index in [2.05, 4.69) is 15.6 Å². The molecular formula is C15H25N3O2S2. The number of rotatable bonds is 4. The Morgan fingerprint density at radius 2 is 2.00 bits per heavy atom. The first-order valence-electron chi connectivity index (χ1n) is 7.78. The fourth-order valence-electron chi connectivity index (χ4n) is 2.29. The number of hydrogen-bond donors (Lipinski definition) is 2. The van der Waals surface area contributed by atoms with Crippen LogP contribution in [0, 0.1) is 0 Å². The highest BCUT2D eigenvalue weighted by molar-refractivity contribution is 7.86. The van der Waals surface area contributed by atoms with Gasteiger partial charge in [-0.25, -0.2) is 9.78 Å². The Bertz CT molecular complexity index is 526. The summed E-state index contributed by atoms with van der Waals surface area (Å²) in [6, 6.07) is -0.269. The zero-order valence-electron chi connectivity index (χ0n) is 13.5. The first-order chi connectivity index (χ1) is 10.4. The van der Waals surface area contributed by atoms with E-state index in [1.807, 2.05) is 20.8 Å². The molecule has 0 radical (unpaired) electrons. The lowest BCUT2D eigenvalue weighted by Gasteiger charge is -2.17. The normalized spacial score (nSPS) is 16.5. The number of nitrogens with zero attached hydrogens (tertiary/aromatic N) is 1. The molecule has 0 saturated carbocycles. The minimum absolute atomic E-state index is 0.245. The highest BCUT2D eigenvalue weighted by Gasteiger charge is 2.19. The Hall–Kier alpha value is -0.950. The summed E-state index contributed by atoms with van der Waals surface area (Å²) in [6.45, 7) is 6.21. The molecule has 124 valence electrons. The van der Waals surface area contributed by atoms with Crippen LogP contribution in [0.25, 0.3) is 0 Å². The number of carbonyl (C=O) groups is 1. The zero-order chi connectivity index (χ0) is 16.2. The summed E-state index contributed by atoms with van der Waals surface area (Å²) >= 11 is 1.58. The number of amides is 2. The lowest BCUT2D eigenvalue weighted by Crippen LogP contribution is -2.35. The third-order valence-corrected chi connectivity index (χ3v) is 6.59. The molecule has 1 atom stereocenters. The van der Waals surface area contributed by atoms with Crippen molar-refractivity contribution in [3.05, 3.63) is 10.6 Å². The van der Waals surface area contributed by atoms with E-state index in [0.717, 1.165) is 18.5 Å². The molecule has 5 nitrogen and oxygen atoms in total. The number of hydrogen-bond acceptors (Lipinski definition) is 4. The number of nitrogens with one attached hydrogen (secondary N) is 2. The molecular weight excluding hydrogens is 318 g/mol. The Labute approximate surface area is 138 Å². The number of thiazole rings is 1. The monoisotopic (exact) mass is 343 g/mol. The van der Waals surface area contributed by atoms with Gasteiger partial charge in [0.25, 0.3) is 0 Å². The van der Waals surface area contributed by atoms with Gasteiger partial charge >= 0.3 is 6.03 Å². The summed E-state index contributed by atoms with van der Waals surface area (Å²) in [6.07, 6.45) is 5.73. The van der Waals surface area contributed by atoms with Crippen LogP contribution < -0.4 is 10.6 Å². The predicted octanol–water partition coefficient (Wildman–Crippen LogP) is 3.08. The molecule has 0 bridgehead atoms. The maximum atomic E-state index is 11.9. The highest BCUT2D eigenvalue weighted by atomic mass is 32.2. The summed E-state index contributed by atoms with van der Waals surface area (Å²) < 4.78 is 11.7. The van der Waals surface area contributed by atoms with Crippen molar-refractivity contribution in [2.45, 2.75) is 57.6 Å². The molecule has 0 spiro atoms. The van der Waals surface area contributed by atoms with Gasteiger partial charge in [-0.2, -0.15) is 0 Å². The van der Waals surface area contributed by atoms with Crippen LogP contribution in [0.4, 0.5) is 9.93 Å². The van der Waals surface area contributed by atoms with E-state index >= 15 is 0 Å². The third-order valence-electron chi connectivity index (χ3n) is 3.57. The fraction of sp³-hybridized carbons (Fsp3) is 0.733. The molecule has 0 aromatic carbocycles. The number of aromatic nitrogens is 1. The zero-order valence-corrected chi connectivity index (χ0v) is 15.2. The average Bonchev–Trinajstić information content (AvgIpc) is 2.66. The van der Waals surface area contributed by atoms with Crippen LogP contribution in [-0.2, 0) is 23.6 Å².